The molecule has 4 aromatic carbocycles. The number of hydrogen-bond donors (Lipinski definition) is 0. The van der Waals surface area contributed by atoms with Crippen molar-refractivity contribution in [3.05, 3.63) is 130 Å². The zero-order valence-electron chi connectivity index (χ0n) is 16.9. The van der Waals surface area contributed by atoms with Gasteiger partial charge >= 0.3 is 177 Å². The Kier molecular flexibility index (Phi) is 5.74. The van der Waals surface area contributed by atoms with Gasteiger partial charge in [-0.2, -0.15) is 0 Å². The minimum atomic E-state index is -2.56. The molecule has 0 bridgehead atoms. The van der Waals surface area contributed by atoms with Gasteiger partial charge in [-0.3, -0.25) is 0 Å². The zero-order chi connectivity index (χ0) is 21.0. The van der Waals surface area contributed by atoms with Crippen LogP contribution < -0.4 is 15.9 Å². The standard InChI is InChI=1S/C26H24NO2P/c1-21-17-18-22(26(19-21)27(28)29)20-30(23-11-5-2-6-12-23,24-13-7-3-8-14-24)25-15-9-4-10-16-25/h2-19,30H,20H2,1H3. The number of aryl methyl sites for hydroxylation is 1. The first-order valence-electron chi connectivity index (χ1n) is 10.0. The molecule has 0 N–H and O–H groups in total. The molecule has 0 aliphatic heterocycles. The van der Waals surface area contributed by atoms with Crippen molar-refractivity contribution in [1.29, 1.82) is 0 Å². The Morgan fingerprint density at radius 1 is 0.700 bits per heavy atom. The van der Waals surface area contributed by atoms with Crippen LogP contribution in [0.1, 0.15) is 11.1 Å². The zero-order valence-corrected chi connectivity index (χ0v) is 17.9. The van der Waals surface area contributed by atoms with Crippen molar-refractivity contribution in [2.45, 2.75) is 13.1 Å². The summed E-state index contributed by atoms with van der Waals surface area (Å²) in [6, 6.07) is 37.1. The Balaban J connectivity index is 2.03. The SMILES string of the molecule is Cc1ccc(C[PH](c2ccccc2)(c2ccccc2)c2ccccc2)c([N+](=O)[O-])c1. The van der Waals surface area contributed by atoms with Crippen LogP contribution in [0, 0.1) is 17.0 Å². The van der Waals surface area contributed by atoms with E-state index in [0.29, 0.717) is 6.16 Å². The van der Waals surface area contributed by atoms with Gasteiger partial charge in [0, 0.05) is 0 Å². The number of nitro groups is 1. The Morgan fingerprint density at radius 3 is 1.53 bits per heavy atom. The monoisotopic (exact) mass is 413 g/mol. The average Bonchev–Trinajstić information content (AvgIpc) is 2.80. The molecule has 0 spiro atoms. The molecule has 4 rings (SSSR count). The van der Waals surface area contributed by atoms with Crippen molar-refractivity contribution >= 4 is 28.9 Å². The summed E-state index contributed by atoms with van der Waals surface area (Å²) in [5.74, 6) is 0. The van der Waals surface area contributed by atoms with Crippen molar-refractivity contribution in [2.24, 2.45) is 0 Å². The molecular formula is C26H24NO2P. The van der Waals surface area contributed by atoms with Gasteiger partial charge in [0.05, 0.1) is 0 Å². The third-order valence-corrected chi connectivity index (χ3v) is 10.6. The number of rotatable bonds is 6. The molecule has 0 aliphatic rings. The van der Waals surface area contributed by atoms with E-state index in [2.05, 4.69) is 72.8 Å². The Hall–Kier alpha value is -3.29. The van der Waals surface area contributed by atoms with Gasteiger partial charge in [-0.25, -0.2) is 0 Å². The van der Waals surface area contributed by atoms with E-state index in [9.17, 15) is 10.1 Å². The fourth-order valence-corrected chi connectivity index (χ4v) is 9.02. The predicted octanol–water partition coefficient (Wildman–Crippen LogP) is 5.13. The molecule has 0 saturated heterocycles. The fraction of sp³-hybridized carbons (Fsp3) is 0.0769. The number of benzene rings is 4. The molecule has 0 aromatic heterocycles. The maximum absolute atomic E-state index is 11.9. The first-order valence-corrected chi connectivity index (χ1v) is 12.2. The molecule has 0 saturated carbocycles. The summed E-state index contributed by atoms with van der Waals surface area (Å²) in [7, 11) is -2.56. The second-order valence-corrected chi connectivity index (χ2v) is 11.5. The molecule has 0 aliphatic carbocycles. The third-order valence-electron chi connectivity index (χ3n) is 5.69. The topological polar surface area (TPSA) is 43.1 Å². The predicted molar refractivity (Wildman–Crippen MR) is 128 cm³/mol. The quantitative estimate of drug-likeness (QED) is 0.250. The van der Waals surface area contributed by atoms with Crippen LogP contribution >= 0.6 is 7.26 Å². The molecule has 0 atom stereocenters. The Morgan fingerprint density at radius 2 is 1.13 bits per heavy atom. The van der Waals surface area contributed by atoms with Crippen LogP contribution in [0.15, 0.2) is 109 Å². The van der Waals surface area contributed by atoms with Gasteiger partial charge < -0.3 is 0 Å². The third kappa shape index (κ3) is 3.77. The van der Waals surface area contributed by atoms with E-state index in [1.165, 1.54) is 15.9 Å². The van der Waals surface area contributed by atoms with Gasteiger partial charge in [-0.1, -0.05) is 0 Å². The molecule has 150 valence electrons. The molecule has 3 nitrogen and oxygen atoms in total. The number of nitrogens with zero attached hydrogens (tertiary/aromatic N) is 1. The first-order chi connectivity index (χ1) is 14.6. The fourth-order valence-electron chi connectivity index (χ4n) is 4.25. The van der Waals surface area contributed by atoms with E-state index in [-0.39, 0.29) is 10.6 Å². The molecule has 0 heterocycles. The normalized spacial score (nSPS) is 11.8. The van der Waals surface area contributed by atoms with Crippen LogP contribution in [0.3, 0.4) is 0 Å². The summed E-state index contributed by atoms with van der Waals surface area (Å²) in [6.07, 6.45) is 0.627. The van der Waals surface area contributed by atoms with Gasteiger partial charge in [-0.15, -0.1) is 0 Å². The summed E-state index contributed by atoms with van der Waals surface area (Å²) in [6.45, 7) is 1.90. The van der Waals surface area contributed by atoms with Crippen molar-refractivity contribution < 1.29 is 4.92 Å². The van der Waals surface area contributed by atoms with Crippen molar-refractivity contribution in [1.82, 2.24) is 0 Å². The van der Waals surface area contributed by atoms with Crippen LogP contribution in [0.4, 0.5) is 5.69 Å². The first kappa shape index (κ1) is 20.0. The van der Waals surface area contributed by atoms with Crippen LogP contribution in [0.25, 0.3) is 0 Å². The van der Waals surface area contributed by atoms with Crippen LogP contribution in [-0.4, -0.2) is 4.92 Å². The summed E-state index contributed by atoms with van der Waals surface area (Å²) >= 11 is 0. The molecule has 0 unspecified atom stereocenters. The van der Waals surface area contributed by atoms with Crippen LogP contribution in [0.2, 0.25) is 0 Å². The van der Waals surface area contributed by atoms with Crippen molar-refractivity contribution in [2.75, 3.05) is 0 Å². The molecular weight excluding hydrogens is 389 g/mol. The summed E-state index contributed by atoms with van der Waals surface area (Å²) < 4.78 is 0. The summed E-state index contributed by atoms with van der Waals surface area (Å²) in [4.78, 5) is 11.6. The minimum absolute atomic E-state index is 0.203. The second-order valence-electron chi connectivity index (χ2n) is 7.57. The van der Waals surface area contributed by atoms with E-state index in [1.54, 1.807) is 6.07 Å². The van der Waals surface area contributed by atoms with Gasteiger partial charge in [0.2, 0.25) is 0 Å². The van der Waals surface area contributed by atoms with E-state index in [0.717, 1.165) is 11.1 Å². The van der Waals surface area contributed by atoms with E-state index < -0.39 is 7.26 Å². The molecule has 4 aromatic rings. The Labute approximate surface area is 177 Å². The molecule has 0 radical (unpaired) electrons. The van der Waals surface area contributed by atoms with E-state index >= 15 is 0 Å². The van der Waals surface area contributed by atoms with Gasteiger partial charge in [-0.05, 0) is 0 Å². The molecule has 0 fully saturated rings. The van der Waals surface area contributed by atoms with Crippen LogP contribution in [-0.2, 0) is 6.16 Å². The average molecular weight is 413 g/mol. The molecule has 30 heavy (non-hydrogen) atoms. The second kappa shape index (κ2) is 8.61. The van der Waals surface area contributed by atoms with E-state index in [4.69, 9.17) is 0 Å². The molecule has 4 heteroatoms. The van der Waals surface area contributed by atoms with Crippen LogP contribution in [0.5, 0.6) is 0 Å². The number of hydrogen-bond acceptors (Lipinski definition) is 2. The van der Waals surface area contributed by atoms with Gasteiger partial charge in [0.1, 0.15) is 0 Å². The maximum atomic E-state index is 11.9. The number of nitro benzene ring substituents is 1. The summed E-state index contributed by atoms with van der Waals surface area (Å²) in [5, 5.41) is 15.6. The Bertz CT molecular complexity index is 1050. The van der Waals surface area contributed by atoms with Crippen molar-refractivity contribution in [3.8, 4) is 0 Å². The van der Waals surface area contributed by atoms with Gasteiger partial charge in [0.25, 0.3) is 0 Å². The van der Waals surface area contributed by atoms with Crippen molar-refractivity contribution in [3.63, 3.8) is 0 Å². The molecule has 0 amide bonds. The van der Waals surface area contributed by atoms with Gasteiger partial charge in [0.15, 0.2) is 0 Å². The van der Waals surface area contributed by atoms with E-state index in [1.807, 2.05) is 37.3 Å². The summed E-state index contributed by atoms with van der Waals surface area (Å²) in [5.41, 5.74) is 1.89.